The van der Waals surface area contributed by atoms with Crippen molar-refractivity contribution in [3.8, 4) is 0 Å². The average molecular weight is 256 g/mol. The Morgan fingerprint density at radius 3 is 2.95 bits per heavy atom. The number of fused-ring (bicyclic) bond motifs is 3. The number of benzene rings is 1. The number of nitrogens with one attached hydrogen (secondary N) is 1. The summed E-state index contributed by atoms with van der Waals surface area (Å²) in [6.07, 6.45) is 6.64. The number of aromatic nitrogens is 1. The van der Waals surface area contributed by atoms with Crippen molar-refractivity contribution >= 4 is 10.9 Å². The third-order valence-electron chi connectivity index (χ3n) is 4.29. The van der Waals surface area contributed by atoms with Crippen molar-refractivity contribution in [2.75, 3.05) is 13.1 Å². The summed E-state index contributed by atoms with van der Waals surface area (Å²) in [6.45, 7) is 5.86. The molecular weight excluding hydrogens is 232 g/mol. The van der Waals surface area contributed by atoms with E-state index in [0.717, 1.165) is 6.54 Å². The molecule has 0 radical (unpaired) electrons. The van der Waals surface area contributed by atoms with Gasteiger partial charge in [-0.05, 0) is 31.0 Å². The fraction of sp³-hybridized carbons (Fsp3) is 0.529. The first-order valence-electron chi connectivity index (χ1n) is 7.69. The van der Waals surface area contributed by atoms with E-state index in [9.17, 15) is 0 Å². The Morgan fingerprint density at radius 2 is 2.05 bits per heavy atom. The summed E-state index contributed by atoms with van der Waals surface area (Å²) in [6, 6.07) is 8.71. The van der Waals surface area contributed by atoms with Crippen molar-refractivity contribution < 1.29 is 0 Å². The minimum absolute atomic E-state index is 1.11. The largest absolute Gasteiger partial charge is 0.357 e. The van der Waals surface area contributed by atoms with Crippen LogP contribution in [-0.2, 0) is 13.0 Å². The molecular formula is C17H24N2. The smallest absolute Gasteiger partial charge is 0.0459 e. The van der Waals surface area contributed by atoms with E-state index in [-0.39, 0.29) is 0 Å². The molecule has 0 unspecified atom stereocenters. The van der Waals surface area contributed by atoms with Crippen LogP contribution < -0.4 is 0 Å². The molecule has 0 spiro atoms. The van der Waals surface area contributed by atoms with Gasteiger partial charge in [-0.2, -0.15) is 0 Å². The van der Waals surface area contributed by atoms with Crippen LogP contribution in [0.15, 0.2) is 24.3 Å². The zero-order valence-corrected chi connectivity index (χ0v) is 11.9. The van der Waals surface area contributed by atoms with Crippen molar-refractivity contribution in [3.63, 3.8) is 0 Å². The van der Waals surface area contributed by atoms with Crippen LogP contribution in [0.3, 0.4) is 0 Å². The number of hydrogen-bond donors (Lipinski definition) is 1. The second kappa shape index (κ2) is 5.79. The summed E-state index contributed by atoms with van der Waals surface area (Å²) in [7, 11) is 0. The van der Waals surface area contributed by atoms with Gasteiger partial charge in [-0.15, -0.1) is 0 Å². The van der Waals surface area contributed by atoms with E-state index in [1.807, 2.05) is 0 Å². The molecule has 0 aliphatic carbocycles. The van der Waals surface area contributed by atoms with Crippen molar-refractivity contribution in [1.29, 1.82) is 0 Å². The van der Waals surface area contributed by atoms with E-state index < -0.39 is 0 Å². The second-order valence-electron chi connectivity index (χ2n) is 5.71. The lowest BCUT2D eigenvalue weighted by Crippen LogP contribution is -2.31. The van der Waals surface area contributed by atoms with Gasteiger partial charge in [0.1, 0.15) is 0 Å². The summed E-state index contributed by atoms with van der Waals surface area (Å²) in [5.41, 5.74) is 4.31. The Morgan fingerprint density at radius 1 is 1.16 bits per heavy atom. The van der Waals surface area contributed by atoms with Gasteiger partial charge in [0.05, 0.1) is 0 Å². The molecule has 19 heavy (non-hydrogen) atoms. The monoisotopic (exact) mass is 256 g/mol. The minimum Gasteiger partial charge on any atom is -0.357 e. The average Bonchev–Trinajstić information content (AvgIpc) is 2.81. The highest BCUT2D eigenvalue weighted by atomic mass is 15.1. The van der Waals surface area contributed by atoms with Crippen molar-refractivity contribution in [2.24, 2.45) is 0 Å². The summed E-state index contributed by atoms with van der Waals surface area (Å²) in [4.78, 5) is 6.21. The van der Waals surface area contributed by atoms with Gasteiger partial charge in [0.25, 0.3) is 0 Å². The van der Waals surface area contributed by atoms with E-state index in [4.69, 9.17) is 0 Å². The first-order valence-corrected chi connectivity index (χ1v) is 7.69. The van der Waals surface area contributed by atoms with E-state index in [0.29, 0.717) is 0 Å². The maximum Gasteiger partial charge on any atom is 0.0459 e. The summed E-state index contributed by atoms with van der Waals surface area (Å²) in [5.74, 6) is 0. The Hall–Kier alpha value is -1.28. The second-order valence-corrected chi connectivity index (χ2v) is 5.71. The van der Waals surface area contributed by atoms with Crippen LogP contribution in [-0.4, -0.2) is 23.0 Å². The van der Waals surface area contributed by atoms with Crippen molar-refractivity contribution in [2.45, 2.75) is 45.6 Å². The molecule has 0 fully saturated rings. The molecule has 1 aliphatic heterocycles. The Labute approximate surface area is 115 Å². The molecule has 2 heterocycles. The van der Waals surface area contributed by atoms with Gasteiger partial charge < -0.3 is 4.98 Å². The predicted molar refractivity (Wildman–Crippen MR) is 81.4 cm³/mol. The number of hydrogen-bond acceptors (Lipinski definition) is 1. The highest BCUT2D eigenvalue weighted by molar-refractivity contribution is 5.84. The summed E-state index contributed by atoms with van der Waals surface area (Å²) in [5, 5.41) is 1.43. The lowest BCUT2D eigenvalue weighted by molar-refractivity contribution is 0.246. The molecule has 1 N–H and O–H groups in total. The van der Waals surface area contributed by atoms with Gasteiger partial charge in [0.2, 0.25) is 0 Å². The molecule has 0 amide bonds. The maximum atomic E-state index is 3.61. The van der Waals surface area contributed by atoms with Crippen LogP contribution in [0.2, 0.25) is 0 Å². The third kappa shape index (κ3) is 2.69. The van der Waals surface area contributed by atoms with E-state index in [1.165, 1.54) is 61.8 Å². The van der Waals surface area contributed by atoms with Crippen LogP contribution in [0, 0.1) is 0 Å². The van der Waals surface area contributed by atoms with Gasteiger partial charge >= 0.3 is 0 Å². The SMILES string of the molecule is CCCCCCN1CCc2c([nH]c3ccccc23)C1. The van der Waals surface area contributed by atoms with Gasteiger partial charge in [0, 0.05) is 29.7 Å². The molecule has 2 nitrogen and oxygen atoms in total. The maximum absolute atomic E-state index is 3.61. The number of rotatable bonds is 5. The van der Waals surface area contributed by atoms with Gasteiger partial charge in [-0.1, -0.05) is 44.4 Å². The van der Waals surface area contributed by atoms with Crippen LogP contribution >= 0.6 is 0 Å². The standard InChI is InChI=1S/C17H24N2/c1-2-3-4-7-11-19-12-10-15-14-8-5-6-9-16(14)18-17(15)13-19/h5-6,8-9,18H,2-4,7,10-13H2,1H3. The molecule has 2 aromatic rings. The molecule has 0 atom stereocenters. The Balaban J connectivity index is 1.67. The molecule has 3 rings (SSSR count). The lowest BCUT2D eigenvalue weighted by atomic mass is 10.0. The predicted octanol–water partition coefficient (Wildman–Crippen LogP) is 4.11. The van der Waals surface area contributed by atoms with Crippen LogP contribution in [0.1, 0.15) is 43.9 Å². The van der Waals surface area contributed by atoms with Crippen molar-refractivity contribution in [3.05, 3.63) is 35.5 Å². The minimum atomic E-state index is 1.11. The Kier molecular flexibility index (Phi) is 3.88. The fourth-order valence-electron chi connectivity index (χ4n) is 3.20. The summed E-state index contributed by atoms with van der Waals surface area (Å²) < 4.78 is 0. The van der Waals surface area contributed by atoms with Crippen molar-refractivity contribution in [1.82, 2.24) is 9.88 Å². The van der Waals surface area contributed by atoms with Gasteiger partial charge in [-0.3, -0.25) is 4.90 Å². The zero-order chi connectivity index (χ0) is 13.1. The first-order chi connectivity index (χ1) is 9.38. The highest BCUT2D eigenvalue weighted by Gasteiger charge is 2.19. The molecule has 1 aromatic heterocycles. The van der Waals surface area contributed by atoms with Crippen LogP contribution in [0.4, 0.5) is 0 Å². The Bertz CT molecular complexity index is 541. The molecule has 1 aromatic carbocycles. The van der Waals surface area contributed by atoms with Gasteiger partial charge in [0.15, 0.2) is 0 Å². The van der Waals surface area contributed by atoms with Crippen LogP contribution in [0.5, 0.6) is 0 Å². The third-order valence-corrected chi connectivity index (χ3v) is 4.29. The molecule has 1 aliphatic rings. The van der Waals surface area contributed by atoms with E-state index >= 15 is 0 Å². The number of unbranched alkanes of at least 4 members (excludes halogenated alkanes) is 3. The van der Waals surface area contributed by atoms with E-state index in [2.05, 4.69) is 41.1 Å². The van der Waals surface area contributed by atoms with Gasteiger partial charge in [-0.25, -0.2) is 0 Å². The molecule has 0 bridgehead atoms. The molecule has 0 saturated heterocycles. The normalized spacial score (nSPS) is 15.8. The quantitative estimate of drug-likeness (QED) is 0.798. The highest BCUT2D eigenvalue weighted by Crippen LogP contribution is 2.27. The number of aromatic amines is 1. The molecule has 0 saturated carbocycles. The lowest BCUT2D eigenvalue weighted by Gasteiger charge is -2.26. The van der Waals surface area contributed by atoms with Crippen LogP contribution in [0.25, 0.3) is 10.9 Å². The first kappa shape index (κ1) is 12.7. The molecule has 2 heteroatoms. The zero-order valence-electron chi connectivity index (χ0n) is 11.9. The summed E-state index contributed by atoms with van der Waals surface area (Å²) >= 11 is 0. The number of H-pyrrole nitrogens is 1. The number of para-hydroxylation sites is 1. The fourth-order valence-corrected chi connectivity index (χ4v) is 3.20. The number of nitrogens with zero attached hydrogens (tertiary/aromatic N) is 1. The van der Waals surface area contributed by atoms with E-state index in [1.54, 1.807) is 5.56 Å². The topological polar surface area (TPSA) is 19.0 Å². The molecule has 102 valence electrons.